The van der Waals surface area contributed by atoms with Crippen LogP contribution in [0, 0.1) is 11.8 Å². The molecule has 1 amide bonds. The van der Waals surface area contributed by atoms with Gasteiger partial charge in [-0.3, -0.25) is 4.79 Å². The smallest absolute Gasteiger partial charge is 0.333 e. The van der Waals surface area contributed by atoms with Gasteiger partial charge < -0.3 is 10.6 Å². The summed E-state index contributed by atoms with van der Waals surface area (Å²) in [4.78, 5) is 13.0. The third-order valence-electron chi connectivity index (χ3n) is 3.15. The molecule has 2 unspecified atom stereocenters. The molecule has 2 N–H and O–H groups in total. The molecule has 3 nitrogen and oxygen atoms in total. The topological polar surface area (TPSA) is 46.3 Å². The van der Waals surface area contributed by atoms with Crippen LogP contribution in [0.4, 0.5) is 13.2 Å². The predicted octanol–water partition coefficient (Wildman–Crippen LogP) is 2.16. The molecule has 1 rings (SSSR count). The van der Waals surface area contributed by atoms with Crippen molar-refractivity contribution in [2.24, 2.45) is 17.6 Å². The first-order valence-corrected chi connectivity index (χ1v) is 6.32. The Morgan fingerprint density at radius 2 is 2.00 bits per heavy atom. The molecular weight excluding hydrogens is 245 g/mol. The van der Waals surface area contributed by atoms with Gasteiger partial charge in [-0.2, -0.15) is 13.2 Å². The van der Waals surface area contributed by atoms with E-state index in [1.807, 2.05) is 0 Å². The molecule has 0 heterocycles. The second kappa shape index (κ2) is 5.91. The Kier molecular flexibility index (Phi) is 5.01. The molecule has 6 heteroatoms. The van der Waals surface area contributed by atoms with Gasteiger partial charge in [0.25, 0.3) is 0 Å². The fourth-order valence-corrected chi connectivity index (χ4v) is 2.42. The lowest BCUT2D eigenvalue weighted by Gasteiger charge is -2.29. The van der Waals surface area contributed by atoms with Crippen molar-refractivity contribution < 1.29 is 18.0 Å². The fourth-order valence-electron chi connectivity index (χ4n) is 2.42. The highest BCUT2D eigenvalue weighted by molar-refractivity contribution is 5.80. The Bertz CT molecular complexity index is 292. The maximum absolute atomic E-state index is 12.5. The van der Waals surface area contributed by atoms with E-state index in [4.69, 9.17) is 5.73 Å². The van der Waals surface area contributed by atoms with Gasteiger partial charge in [-0.25, -0.2) is 0 Å². The molecule has 106 valence electrons. The largest absolute Gasteiger partial charge is 0.406 e. The lowest BCUT2D eigenvalue weighted by molar-refractivity contribution is -0.164. The molecule has 0 bridgehead atoms. The second-order valence-electron chi connectivity index (χ2n) is 5.43. The summed E-state index contributed by atoms with van der Waals surface area (Å²) in [5.41, 5.74) is 5.78. The highest BCUT2D eigenvalue weighted by Gasteiger charge is 2.38. The second-order valence-corrected chi connectivity index (χ2v) is 5.43. The molecule has 0 aromatic rings. The van der Waals surface area contributed by atoms with Gasteiger partial charge in [0.15, 0.2) is 0 Å². The van der Waals surface area contributed by atoms with E-state index in [0.29, 0.717) is 6.42 Å². The molecule has 0 radical (unpaired) electrons. The fraction of sp³-hybridized carbons (Fsp3) is 0.917. The molecule has 1 aliphatic rings. The van der Waals surface area contributed by atoms with Crippen LogP contribution in [0.1, 0.15) is 33.1 Å². The van der Waals surface area contributed by atoms with Gasteiger partial charge >= 0.3 is 6.18 Å². The van der Waals surface area contributed by atoms with Crippen LogP contribution in [-0.4, -0.2) is 36.1 Å². The van der Waals surface area contributed by atoms with Crippen LogP contribution in [0.3, 0.4) is 0 Å². The van der Waals surface area contributed by atoms with E-state index in [1.165, 1.54) is 0 Å². The Morgan fingerprint density at radius 1 is 1.39 bits per heavy atom. The first-order chi connectivity index (χ1) is 8.20. The van der Waals surface area contributed by atoms with E-state index < -0.39 is 24.5 Å². The highest BCUT2D eigenvalue weighted by Crippen LogP contribution is 2.27. The molecule has 0 aromatic heterocycles. The lowest BCUT2D eigenvalue weighted by atomic mass is 10.0. The Balaban J connectivity index is 2.72. The summed E-state index contributed by atoms with van der Waals surface area (Å²) in [6.45, 7) is 2.55. The van der Waals surface area contributed by atoms with Crippen LogP contribution in [0.2, 0.25) is 0 Å². The molecule has 1 aliphatic carbocycles. The van der Waals surface area contributed by atoms with E-state index >= 15 is 0 Å². The van der Waals surface area contributed by atoms with Gasteiger partial charge in [0.1, 0.15) is 6.54 Å². The van der Waals surface area contributed by atoms with Gasteiger partial charge in [-0.1, -0.05) is 20.3 Å². The number of hydrogen-bond donors (Lipinski definition) is 1. The molecule has 2 atom stereocenters. The van der Waals surface area contributed by atoms with E-state index in [2.05, 4.69) is 0 Å². The summed E-state index contributed by atoms with van der Waals surface area (Å²) in [5.74, 6) is -0.869. The van der Waals surface area contributed by atoms with Crippen LogP contribution in [0.5, 0.6) is 0 Å². The Hall–Kier alpha value is -0.780. The summed E-state index contributed by atoms with van der Waals surface area (Å²) in [5, 5.41) is 0. The van der Waals surface area contributed by atoms with Crippen molar-refractivity contribution in [2.75, 3.05) is 13.1 Å². The first-order valence-electron chi connectivity index (χ1n) is 6.32. The number of alkyl halides is 3. The van der Waals surface area contributed by atoms with Crippen LogP contribution < -0.4 is 5.73 Å². The van der Waals surface area contributed by atoms with Crippen molar-refractivity contribution in [3.8, 4) is 0 Å². The van der Waals surface area contributed by atoms with Crippen molar-refractivity contribution in [3.05, 3.63) is 0 Å². The summed E-state index contributed by atoms with van der Waals surface area (Å²) in [6, 6.07) is -0.291. The quantitative estimate of drug-likeness (QED) is 0.847. The minimum Gasteiger partial charge on any atom is -0.333 e. The monoisotopic (exact) mass is 266 g/mol. The van der Waals surface area contributed by atoms with Crippen LogP contribution in [0.15, 0.2) is 0 Å². The zero-order chi connectivity index (χ0) is 13.9. The van der Waals surface area contributed by atoms with E-state index in [0.717, 1.165) is 17.7 Å². The predicted molar refractivity (Wildman–Crippen MR) is 62.8 cm³/mol. The van der Waals surface area contributed by atoms with Crippen molar-refractivity contribution in [1.82, 2.24) is 4.90 Å². The van der Waals surface area contributed by atoms with Gasteiger partial charge in [-0.15, -0.1) is 0 Å². The standard InChI is InChI=1S/C12H21F3N2O/c1-8(2)6-17(7-12(13,14)15)11(18)9-4-3-5-10(9)16/h8-10H,3-7,16H2,1-2H3. The van der Waals surface area contributed by atoms with E-state index in [-0.39, 0.29) is 18.5 Å². The SMILES string of the molecule is CC(C)CN(CC(F)(F)F)C(=O)C1CCCC1N. The number of amides is 1. The number of hydrogen-bond acceptors (Lipinski definition) is 2. The average molecular weight is 266 g/mol. The summed E-state index contributed by atoms with van der Waals surface area (Å²) in [6.07, 6.45) is -2.21. The van der Waals surface area contributed by atoms with Gasteiger partial charge in [0.2, 0.25) is 5.91 Å². The minimum absolute atomic E-state index is 0.00827. The number of rotatable bonds is 4. The summed E-state index contributed by atoms with van der Waals surface area (Å²) in [7, 11) is 0. The van der Waals surface area contributed by atoms with Crippen molar-refractivity contribution >= 4 is 5.91 Å². The molecule has 0 saturated heterocycles. The number of carbonyl (C=O) groups excluding carboxylic acids is 1. The van der Waals surface area contributed by atoms with Crippen molar-refractivity contribution in [2.45, 2.75) is 45.3 Å². The summed E-state index contributed by atoms with van der Waals surface area (Å²) < 4.78 is 37.4. The van der Waals surface area contributed by atoms with Crippen LogP contribution >= 0.6 is 0 Å². The van der Waals surface area contributed by atoms with Gasteiger partial charge in [0.05, 0.1) is 5.92 Å². The molecule has 18 heavy (non-hydrogen) atoms. The molecule has 0 spiro atoms. The lowest BCUT2D eigenvalue weighted by Crippen LogP contribution is -2.47. The molecule has 0 aromatic carbocycles. The van der Waals surface area contributed by atoms with Gasteiger partial charge in [-0.05, 0) is 18.8 Å². The summed E-state index contributed by atoms with van der Waals surface area (Å²) >= 11 is 0. The molecule has 1 saturated carbocycles. The maximum Gasteiger partial charge on any atom is 0.406 e. The number of halogens is 3. The number of nitrogens with two attached hydrogens (primary N) is 1. The van der Waals surface area contributed by atoms with Gasteiger partial charge in [0, 0.05) is 12.6 Å². The van der Waals surface area contributed by atoms with Crippen LogP contribution in [0.25, 0.3) is 0 Å². The highest BCUT2D eigenvalue weighted by atomic mass is 19.4. The maximum atomic E-state index is 12.5. The third kappa shape index (κ3) is 4.48. The zero-order valence-electron chi connectivity index (χ0n) is 10.8. The first kappa shape index (κ1) is 15.3. The van der Waals surface area contributed by atoms with Crippen LogP contribution in [-0.2, 0) is 4.79 Å². The van der Waals surface area contributed by atoms with Crippen molar-refractivity contribution in [3.63, 3.8) is 0 Å². The third-order valence-corrected chi connectivity index (χ3v) is 3.15. The molecule has 1 fully saturated rings. The minimum atomic E-state index is -4.35. The molecule has 0 aliphatic heterocycles. The van der Waals surface area contributed by atoms with Crippen molar-refractivity contribution in [1.29, 1.82) is 0 Å². The average Bonchev–Trinajstić information content (AvgIpc) is 2.59. The Morgan fingerprint density at radius 3 is 2.39 bits per heavy atom. The number of carbonyl (C=O) groups is 1. The van der Waals surface area contributed by atoms with E-state index in [1.54, 1.807) is 13.8 Å². The normalized spacial score (nSPS) is 24.6. The molecular formula is C12H21F3N2O. The number of nitrogens with zero attached hydrogens (tertiary/aromatic N) is 1. The zero-order valence-corrected chi connectivity index (χ0v) is 10.8. The Labute approximate surface area is 106 Å². The van der Waals surface area contributed by atoms with E-state index in [9.17, 15) is 18.0 Å².